The third-order valence-electron chi connectivity index (χ3n) is 19.5. The molecule has 0 aromatic rings. The maximum absolute atomic E-state index is 13.1. The second-order valence-electron chi connectivity index (χ2n) is 30.3. The molecule has 102 heavy (non-hydrogen) atoms. The predicted octanol–water partition coefficient (Wildman–Crippen LogP) is 25.2. The number of hydrogen-bond donors (Lipinski definition) is 3. The van der Waals surface area contributed by atoms with Crippen molar-refractivity contribution in [2.24, 2.45) is 5.92 Å². The highest BCUT2D eigenvalue weighted by atomic mass is 31.2. The molecule has 2 unspecified atom stereocenters. The summed E-state index contributed by atoms with van der Waals surface area (Å²) >= 11 is 0. The SMILES string of the molecule is CCCCCCCCCCCCCCCCCCCCC(=O)OC[C@H](COP(=O)(O)OC[C@@H](O)COP(=O)(O)OC[C@@H](COC(=O)CCCCCCCCCC(C)C)OC(=O)CCCCCCCCCCCCCCCCCC)OC(=O)CCCCCCCCCCCCCCCCCCCC. The minimum atomic E-state index is -4.96. The first-order valence-corrected chi connectivity index (χ1v) is 46.1. The smallest absolute Gasteiger partial charge is 0.462 e. The first kappa shape index (κ1) is 100. The lowest BCUT2D eigenvalue weighted by Gasteiger charge is -2.21. The fraction of sp³-hybridized carbons (Fsp3) is 0.952. The van der Waals surface area contributed by atoms with Crippen LogP contribution < -0.4 is 0 Å². The van der Waals surface area contributed by atoms with E-state index in [-0.39, 0.29) is 25.7 Å². The molecule has 0 bridgehead atoms. The summed E-state index contributed by atoms with van der Waals surface area (Å²) in [7, 11) is -9.92. The largest absolute Gasteiger partial charge is 0.472 e. The van der Waals surface area contributed by atoms with Gasteiger partial charge in [0.25, 0.3) is 0 Å². The molecule has 19 heteroatoms. The van der Waals surface area contributed by atoms with E-state index in [4.69, 9.17) is 37.0 Å². The first-order valence-electron chi connectivity index (χ1n) is 43.1. The summed E-state index contributed by atoms with van der Waals surface area (Å²) in [6.45, 7) is 7.30. The number of phosphoric acid groups is 2. The molecule has 0 spiro atoms. The first-order chi connectivity index (χ1) is 49.5. The highest BCUT2D eigenvalue weighted by Gasteiger charge is 2.30. The average Bonchev–Trinajstić information content (AvgIpc) is 0.914. The van der Waals surface area contributed by atoms with Gasteiger partial charge in [-0.1, -0.05) is 394 Å². The molecule has 0 saturated heterocycles. The molecule has 0 aliphatic rings. The Bertz CT molecular complexity index is 1940. The molecule has 17 nitrogen and oxygen atoms in total. The fourth-order valence-corrected chi connectivity index (χ4v) is 14.5. The number of ether oxygens (including phenoxy) is 4. The Hall–Kier alpha value is -1.94. The number of carbonyl (C=O) groups is 4. The van der Waals surface area contributed by atoms with Gasteiger partial charge in [0.1, 0.15) is 19.3 Å². The highest BCUT2D eigenvalue weighted by molar-refractivity contribution is 7.47. The van der Waals surface area contributed by atoms with E-state index >= 15 is 0 Å². The zero-order valence-corrected chi connectivity index (χ0v) is 68.5. The second-order valence-corrected chi connectivity index (χ2v) is 33.3. The number of aliphatic hydroxyl groups excluding tert-OH is 1. The summed E-state index contributed by atoms with van der Waals surface area (Å²) in [5.74, 6) is -1.40. The number of hydrogen-bond acceptors (Lipinski definition) is 15. The van der Waals surface area contributed by atoms with E-state index in [2.05, 4.69) is 34.6 Å². The number of aliphatic hydroxyl groups is 1. The Balaban J connectivity index is 5.23. The Labute approximate surface area is 626 Å². The Morgan fingerprint density at radius 3 is 0.667 bits per heavy atom. The molecule has 606 valence electrons. The lowest BCUT2D eigenvalue weighted by Crippen LogP contribution is -2.30. The van der Waals surface area contributed by atoms with Crippen LogP contribution in [-0.2, 0) is 65.4 Å². The molecule has 0 amide bonds. The van der Waals surface area contributed by atoms with Crippen LogP contribution in [-0.4, -0.2) is 96.7 Å². The van der Waals surface area contributed by atoms with Crippen molar-refractivity contribution in [3.8, 4) is 0 Å². The van der Waals surface area contributed by atoms with Crippen molar-refractivity contribution in [3.63, 3.8) is 0 Å². The molecular weight excluding hydrogens is 1330 g/mol. The van der Waals surface area contributed by atoms with Crippen LogP contribution in [0.2, 0.25) is 0 Å². The zero-order chi connectivity index (χ0) is 74.8. The van der Waals surface area contributed by atoms with Crippen molar-refractivity contribution in [2.75, 3.05) is 39.6 Å². The van der Waals surface area contributed by atoms with Crippen molar-refractivity contribution < 1.29 is 80.2 Å². The molecule has 0 aromatic heterocycles. The lowest BCUT2D eigenvalue weighted by molar-refractivity contribution is -0.161. The molecule has 0 fully saturated rings. The third-order valence-corrected chi connectivity index (χ3v) is 21.4. The van der Waals surface area contributed by atoms with Crippen molar-refractivity contribution in [2.45, 2.75) is 464 Å². The number of unbranched alkanes of at least 4 members (excludes halogenated alkanes) is 55. The Morgan fingerprint density at radius 1 is 0.265 bits per heavy atom. The molecule has 0 saturated carbocycles. The predicted molar refractivity (Wildman–Crippen MR) is 418 cm³/mol. The fourth-order valence-electron chi connectivity index (χ4n) is 12.9. The van der Waals surface area contributed by atoms with Crippen LogP contribution in [0.25, 0.3) is 0 Å². The highest BCUT2D eigenvalue weighted by Crippen LogP contribution is 2.45. The zero-order valence-electron chi connectivity index (χ0n) is 66.8. The quantitative estimate of drug-likeness (QED) is 0.0222. The summed E-state index contributed by atoms with van der Waals surface area (Å²) in [5, 5.41) is 10.7. The van der Waals surface area contributed by atoms with Gasteiger partial charge in [-0.15, -0.1) is 0 Å². The lowest BCUT2D eigenvalue weighted by atomic mass is 10.0. The number of carbonyl (C=O) groups excluding carboxylic acids is 4. The normalized spacial score (nSPS) is 13.8. The van der Waals surface area contributed by atoms with Gasteiger partial charge < -0.3 is 33.8 Å². The van der Waals surface area contributed by atoms with E-state index in [1.54, 1.807) is 0 Å². The van der Waals surface area contributed by atoms with Crippen LogP contribution >= 0.6 is 15.6 Å². The van der Waals surface area contributed by atoms with Gasteiger partial charge >= 0.3 is 39.5 Å². The maximum atomic E-state index is 13.1. The second kappa shape index (κ2) is 75.9. The van der Waals surface area contributed by atoms with Gasteiger partial charge in [0, 0.05) is 25.7 Å². The van der Waals surface area contributed by atoms with Crippen LogP contribution in [0.3, 0.4) is 0 Å². The van der Waals surface area contributed by atoms with Crippen molar-refractivity contribution in [1.82, 2.24) is 0 Å². The minimum Gasteiger partial charge on any atom is -0.462 e. The van der Waals surface area contributed by atoms with E-state index in [1.165, 1.54) is 263 Å². The van der Waals surface area contributed by atoms with Crippen LogP contribution in [0.15, 0.2) is 0 Å². The summed E-state index contributed by atoms with van der Waals surface area (Å²) in [4.78, 5) is 73.1. The van der Waals surface area contributed by atoms with E-state index in [9.17, 15) is 43.2 Å². The van der Waals surface area contributed by atoms with Gasteiger partial charge in [0.05, 0.1) is 26.4 Å². The van der Waals surface area contributed by atoms with Gasteiger partial charge in [-0.2, -0.15) is 0 Å². The third kappa shape index (κ3) is 76.3. The Morgan fingerprint density at radius 2 is 0.451 bits per heavy atom. The molecule has 0 aromatic carbocycles. The summed E-state index contributed by atoms with van der Waals surface area (Å²) in [6.07, 6.45) is 68.1. The van der Waals surface area contributed by atoms with Gasteiger partial charge in [-0.3, -0.25) is 37.3 Å². The minimum absolute atomic E-state index is 0.108. The van der Waals surface area contributed by atoms with E-state index < -0.39 is 97.5 Å². The van der Waals surface area contributed by atoms with E-state index in [1.807, 2.05) is 0 Å². The van der Waals surface area contributed by atoms with Crippen LogP contribution in [0.5, 0.6) is 0 Å². The maximum Gasteiger partial charge on any atom is 0.472 e. The standard InChI is InChI=1S/C83H162O17P2/c1-6-9-12-15-18-21-24-27-30-33-35-38-40-43-46-51-56-61-66-80(85)93-72-78(99-82(87)68-64-59-53-48-45-42-39-36-34-31-28-25-22-19-16-13-10-7-2)74-97-101(89,90)95-70-77(84)71-96-102(91,92)98-75-79(73-94-81(86)67-62-57-54-49-50-55-60-65-76(4)5)100-83(88)69-63-58-52-47-44-41-37-32-29-26-23-20-17-14-11-8-3/h76-79,84H,6-75H2,1-5H3,(H,89,90)(H,91,92)/t77-,78-,79-/m1/s1. The topological polar surface area (TPSA) is 237 Å². The van der Waals surface area contributed by atoms with Crippen molar-refractivity contribution in [3.05, 3.63) is 0 Å². The van der Waals surface area contributed by atoms with Crippen molar-refractivity contribution in [1.29, 1.82) is 0 Å². The van der Waals surface area contributed by atoms with Crippen LogP contribution in [0.4, 0.5) is 0 Å². The summed E-state index contributed by atoms with van der Waals surface area (Å²) in [5.41, 5.74) is 0. The van der Waals surface area contributed by atoms with E-state index in [0.29, 0.717) is 31.6 Å². The average molecular weight is 1490 g/mol. The molecule has 3 N–H and O–H groups in total. The molecule has 0 aliphatic heterocycles. The number of esters is 4. The van der Waals surface area contributed by atoms with E-state index in [0.717, 1.165) is 96.3 Å². The molecule has 0 heterocycles. The molecular formula is C83H162O17P2. The monoisotopic (exact) mass is 1490 g/mol. The number of phosphoric ester groups is 2. The molecule has 0 aliphatic carbocycles. The Kier molecular flexibility index (Phi) is 74.4. The van der Waals surface area contributed by atoms with Gasteiger partial charge in [0.2, 0.25) is 0 Å². The molecule has 0 radical (unpaired) electrons. The van der Waals surface area contributed by atoms with Gasteiger partial charge in [-0.05, 0) is 31.6 Å². The number of rotatable bonds is 83. The van der Waals surface area contributed by atoms with Crippen molar-refractivity contribution >= 4 is 39.5 Å². The van der Waals surface area contributed by atoms with Gasteiger partial charge in [0.15, 0.2) is 12.2 Å². The molecule has 0 rings (SSSR count). The summed E-state index contributed by atoms with van der Waals surface area (Å²) < 4.78 is 68.8. The summed E-state index contributed by atoms with van der Waals surface area (Å²) in [6, 6.07) is 0. The van der Waals surface area contributed by atoms with Crippen LogP contribution in [0.1, 0.15) is 446 Å². The van der Waals surface area contributed by atoms with Crippen LogP contribution in [0, 0.1) is 5.92 Å². The molecule has 5 atom stereocenters. The van der Waals surface area contributed by atoms with Gasteiger partial charge in [-0.25, -0.2) is 9.13 Å².